The molecule has 17 heavy (non-hydrogen) atoms. The molecule has 1 heterocycles. The molecule has 2 rings (SSSR count). The molecule has 0 aliphatic carbocycles. The average Bonchev–Trinajstić information content (AvgIpc) is 2.86. The molecule has 1 atom stereocenters. The maximum atomic E-state index is 9.28. The zero-order chi connectivity index (χ0) is 12.1. The Morgan fingerprint density at radius 1 is 1.24 bits per heavy atom. The van der Waals surface area contributed by atoms with Crippen LogP contribution in [0.5, 0.6) is 5.75 Å². The summed E-state index contributed by atoms with van der Waals surface area (Å²) in [4.78, 5) is 0. The summed E-state index contributed by atoms with van der Waals surface area (Å²) in [6.07, 6.45) is 1.60. The smallest absolute Gasteiger partial charge is 0.119 e. The topological polar surface area (TPSA) is 42.6 Å². The van der Waals surface area contributed by atoms with Gasteiger partial charge in [0, 0.05) is 0 Å². The fraction of sp³-hybridized carbons (Fsp3) is 0.286. The molecule has 1 unspecified atom stereocenters. The van der Waals surface area contributed by atoms with Crippen molar-refractivity contribution in [1.82, 2.24) is 0 Å². The molecule has 1 N–H and O–H groups in total. The molecular formula is C14H16O3. The van der Waals surface area contributed by atoms with Crippen molar-refractivity contribution >= 4 is 0 Å². The van der Waals surface area contributed by atoms with Gasteiger partial charge in [-0.15, -0.1) is 0 Å². The summed E-state index contributed by atoms with van der Waals surface area (Å²) in [5, 5.41) is 9.28. The summed E-state index contributed by atoms with van der Waals surface area (Å²) >= 11 is 0. The quantitative estimate of drug-likeness (QED) is 0.861. The van der Waals surface area contributed by atoms with E-state index >= 15 is 0 Å². The van der Waals surface area contributed by atoms with Crippen molar-refractivity contribution in [3.63, 3.8) is 0 Å². The first-order valence-electron chi connectivity index (χ1n) is 5.63. The van der Waals surface area contributed by atoms with Crippen LogP contribution in [-0.4, -0.2) is 18.3 Å². The second-order valence-electron chi connectivity index (χ2n) is 4.02. The lowest BCUT2D eigenvalue weighted by Gasteiger charge is -2.13. The zero-order valence-electron chi connectivity index (χ0n) is 9.80. The van der Waals surface area contributed by atoms with Crippen molar-refractivity contribution in [2.75, 3.05) is 13.2 Å². The van der Waals surface area contributed by atoms with E-state index in [4.69, 9.17) is 9.15 Å². The second-order valence-corrected chi connectivity index (χ2v) is 4.02. The van der Waals surface area contributed by atoms with Crippen LogP contribution in [0.1, 0.15) is 17.2 Å². The van der Waals surface area contributed by atoms with Gasteiger partial charge in [0.2, 0.25) is 0 Å². The highest BCUT2D eigenvalue weighted by atomic mass is 16.5. The molecule has 0 fully saturated rings. The SMILES string of the molecule is Cc1ccc(OCC(CO)c2ccco2)cc1. The number of benzene rings is 1. The molecule has 2 aromatic rings. The molecular weight excluding hydrogens is 216 g/mol. The Morgan fingerprint density at radius 3 is 2.59 bits per heavy atom. The fourth-order valence-corrected chi connectivity index (χ4v) is 1.58. The van der Waals surface area contributed by atoms with E-state index in [0.29, 0.717) is 6.61 Å². The Hall–Kier alpha value is -1.74. The third-order valence-corrected chi connectivity index (χ3v) is 2.64. The van der Waals surface area contributed by atoms with Crippen LogP contribution in [-0.2, 0) is 0 Å². The summed E-state index contributed by atoms with van der Waals surface area (Å²) in [5.41, 5.74) is 1.20. The molecule has 3 nitrogen and oxygen atoms in total. The first-order valence-corrected chi connectivity index (χ1v) is 5.63. The van der Waals surface area contributed by atoms with Crippen LogP contribution in [0, 0.1) is 6.92 Å². The predicted octanol–water partition coefficient (Wildman–Crippen LogP) is 2.74. The van der Waals surface area contributed by atoms with Crippen molar-refractivity contribution in [2.24, 2.45) is 0 Å². The van der Waals surface area contributed by atoms with E-state index in [1.165, 1.54) is 5.56 Å². The monoisotopic (exact) mass is 232 g/mol. The normalized spacial score (nSPS) is 12.4. The lowest BCUT2D eigenvalue weighted by atomic mass is 10.1. The molecule has 1 aromatic carbocycles. The summed E-state index contributed by atoms with van der Waals surface area (Å²) in [6.45, 7) is 2.45. The summed E-state index contributed by atoms with van der Waals surface area (Å²) in [5.74, 6) is 1.44. The molecule has 1 aromatic heterocycles. The highest BCUT2D eigenvalue weighted by molar-refractivity contribution is 5.26. The van der Waals surface area contributed by atoms with Gasteiger partial charge in [0.25, 0.3) is 0 Å². The molecule has 90 valence electrons. The van der Waals surface area contributed by atoms with Crippen LogP contribution in [0.15, 0.2) is 47.1 Å². The Kier molecular flexibility index (Phi) is 3.83. The minimum atomic E-state index is -0.119. The van der Waals surface area contributed by atoms with E-state index in [0.717, 1.165) is 11.5 Å². The Labute approximate surface area is 101 Å². The minimum absolute atomic E-state index is 0.0133. The molecule has 0 saturated carbocycles. The van der Waals surface area contributed by atoms with E-state index in [-0.39, 0.29) is 12.5 Å². The largest absolute Gasteiger partial charge is 0.493 e. The van der Waals surface area contributed by atoms with Gasteiger partial charge >= 0.3 is 0 Å². The van der Waals surface area contributed by atoms with Gasteiger partial charge in [-0.1, -0.05) is 17.7 Å². The lowest BCUT2D eigenvalue weighted by Crippen LogP contribution is -2.13. The maximum absolute atomic E-state index is 9.28. The summed E-state index contributed by atoms with van der Waals surface area (Å²) in [6, 6.07) is 11.5. The number of aryl methyl sites for hydroxylation is 1. The Balaban J connectivity index is 1.94. The van der Waals surface area contributed by atoms with Crippen LogP contribution < -0.4 is 4.74 Å². The van der Waals surface area contributed by atoms with Crippen LogP contribution in [0.4, 0.5) is 0 Å². The number of rotatable bonds is 5. The van der Waals surface area contributed by atoms with Gasteiger partial charge in [-0.3, -0.25) is 0 Å². The minimum Gasteiger partial charge on any atom is -0.493 e. The predicted molar refractivity (Wildman–Crippen MR) is 65.2 cm³/mol. The van der Waals surface area contributed by atoms with Crippen molar-refractivity contribution in [3.8, 4) is 5.75 Å². The van der Waals surface area contributed by atoms with E-state index in [9.17, 15) is 5.11 Å². The van der Waals surface area contributed by atoms with Crippen molar-refractivity contribution in [1.29, 1.82) is 0 Å². The van der Waals surface area contributed by atoms with Gasteiger partial charge in [0.05, 0.1) is 18.8 Å². The van der Waals surface area contributed by atoms with E-state index in [1.807, 2.05) is 43.3 Å². The van der Waals surface area contributed by atoms with Crippen LogP contribution in [0.3, 0.4) is 0 Å². The number of furan rings is 1. The zero-order valence-corrected chi connectivity index (χ0v) is 9.80. The summed E-state index contributed by atoms with van der Waals surface area (Å²) in [7, 11) is 0. The average molecular weight is 232 g/mol. The van der Waals surface area contributed by atoms with Gasteiger partial charge in [0.15, 0.2) is 0 Å². The number of ether oxygens (including phenoxy) is 1. The summed E-state index contributed by atoms with van der Waals surface area (Å²) < 4.78 is 10.9. The number of aliphatic hydroxyl groups excluding tert-OH is 1. The van der Waals surface area contributed by atoms with Crippen LogP contribution in [0.25, 0.3) is 0 Å². The highest BCUT2D eigenvalue weighted by Gasteiger charge is 2.14. The van der Waals surface area contributed by atoms with E-state index in [1.54, 1.807) is 6.26 Å². The van der Waals surface area contributed by atoms with Gasteiger partial charge in [-0.2, -0.15) is 0 Å². The first kappa shape index (κ1) is 11.7. The van der Waals surface area contributed by atoms with Gasteiger partial charge in [-0.05, 0) is 31.2 Å². The molecule has 0 aliphatic heterocycles. The molecule has 0 spiro atoms. The Bertz CT molecular complexity index is 431. The third-order valence-electron chi connectivity index (χ3n) is 2.64. The van der Waals surface area contributed by atoms with Crippen molar-refractivity contribution in [3.05, 3.63) is 54.0 Å². The fourth-order valence-electron chi connectivity index (χ4n) is 1.58. The number of hydrogen-bond donors (Lipinski definition) is 1. The van der Waals surface area contributed by atoms with Gasteiger partial charge in [-0.25, -0.2) is 0 Å². The van der Waals surface area contributed by atoms with Crippen molar-refractivity contribution < 1.29 is 14.3 Å². The molecule has 0 saturated heterocycles. The molecule has 0 aliphatic rings. The first-order chi connectivity index (χ1) is 8.29. The number of hydrogen-bond acceptors (Lipinski definition) is 3. The second kappa shape index (κ2) is 5.55. The molecule has 0 amide bonds. The molecule has 3 heteroatoms. The van der Waals surface area contributed by atoms with E-state index < -0.39 is 0 Å². The van der Waals surface area contributed by atoms with Gasteiger partial charge < -0.3 is 14.3 Å². The lowest BCUT2D eigenvalue weighted by molar-refractivity contribution is 0.190. The third kappa shape index (κ3) is 3.11. The number of aliphatic hydroxyl groups is 1. The van der Waals surface area contributed by atoms with Crippen LogP contribution in [0.2, 0.25) is 0 Å². The Morgan fingerprint density at radius 2 is 2.00 bits per heavy atom. The molecule has 0 radical (unpaired) electrons. The standard InChI is InChI=1S/C14H16O3/c1-11-4-6-13(7-5-11)17-10-12(9-15)14-3-2-8-16-14/h2-8,12,15H,9-10H2,1H3. The van der Waals surface area contributed by atoms with Crippen molar-refractivity contribution in [2.45, 2.75) is 12.8 Å². The maximum Gasteiger partial charge on any atom is 0.119 e. The van der Waals surface area contributed by atoms with E-state index in [2.05, 4.69) is 0 Å². The van der Waals surface area contributed by atoms with Crippen LogP contribution >= 0.6 is 0 Å². The highest BCUT2D eigenvalue weighted by Crippen LogP contribution is 2.18. The van der Waals surface area contributed by atoms with Gasteiger partial charge in [0.1, 0.15) is 18.1 Å². The molecule has 0 bridgehead atoms.